The number of carbonyl (C=O) groups is 3. The summed E-state index contributed by atoms with van der Waals surface area (Å²) in [6.45, 7) is 13.8. The minimum atomic E-state index is -0.764. The van der Waals surface area contributed by atoms with Crippen LogP contribution in [-0.4, -0.2) is 37.2 Å². The molecule has 0 aromatic rings. The highest BCUT2D eigenvalue weighted by molar-refractivity contribution is 5.71. The molecule has 0 amide bonds. The molecular weight excluding hydrogens is 853 g/mol. The van der Waals surface area contributed by atoms with Gasteiger partial charge < -0.3 is 14.2 Å². The molecule has 1 unspecified atom stereocenters. The average molecular weight is 976 g/mol. The van der Waals surface area contributed by atoms with Crippen molar-refractivity contribution in [1.82, 2.24) is 0 Å². The maximum atomic E-state index is 12.9. The quantitative estimate of drug-likeness (QED) is 0.0343. The van der Waals surface area contributed by atoms with E-state index in [4.69, 9.17) is 14.2 Å². The van der Waals surface area contributed by atoms with E-state index in [0.29, 0.717) is 19.3 Å². The van der Waals surface area contributed by atoms with Gasteiger partial charge in [-0.05, 0) is 37.0 Å². The van der Waals surface area contributed by atoms with E-state index in [1.54, 1.807) is 0 Å². The van der Waals surface area contributed by atoms with Gasteiger partial charge in [-0.2, -0.15) is 0 Å². The van der Waals surface area contributed by atoms with E-state index in [1.165, 1.54) is 231 Å². The fourth-order valence-electron chi connectivity index (χ4n) is 9.67. The number of rotatable bonds is 56. The van der Waals surface area contributed by atoms with Crippen LogP contribution in [0.4, 0.5) is 0 Å². The van der Waals surface area contributed by atoms with Crippen LogP contribution in [0, 0.1) is 17.8 Å². The van der Waals surface area contributed by atoms with Gasteiger partial charge in [-0.15, -0.1) is 0 Å². The standard InChI is InChI=1S/C63H122O6/c1-7-59(6)51-45-39-33-27-23-24-30-36-42-48-54-63(66)69-60(56-68-62(65)53-47-41-35-29-22-18-14-16-20-26-32-38-44-50-58(4)5)55-67-61(64)52-46-40-34-28-21-17-13-11-9-8-10-12-15-19-25-31-37-43-49-57(2)3/h57-60H,7-56H2,1-6H3/t59?,60-/m0/s1. The Bertz CT molecular complexity index is 1070. The molecule has 0 bridgehead atoms. The van der Waals surface area contributed by atoms with Crippen molar-refractivity contribution in [1.29, 1.82) is 0 Å². The van der Waals surface area contributed by atoms with Crippen molar-refractivity contribution < 1.29 is 28.6 Å². The summed E-state index contributed by atoms with van der Waals surface area (Å²) in [7, 11) is 0. The number of carbonyl (C=O) groups excluding carboxylic acids is 3. The molecule has 0 spiro atoms. The van der Waals surface area contributed by atoms with Crippen LogP contribution in [-0.2, 0) is 28.6 Å². The Hall–Kier alpha value is -1.59. The summed E-state index contributed by atoms with van der Waals surface area (Å²) in [6, 6.07) is 0. The molecule has 0 aliphatic rings. The maximum absolute atomic E-state index is 12.9. The normalized spacial score (nSPS) is 12.5. The molecule has 0 aliphatic carbocycles. The summed E-state index contributed by atoms with van der Waals surface area (Å²) >= 11 is 0. The van der Waals surface area contributed by atoms with Crippen molar-refractivity contribution in [3.63, 3.8) is 0 Å². The third kappa shape index (κ3) is 55.6. The predicted molar refractivity (Wildman–Crippen MR) is 298 cm³/mol. The fraction of sp³-hybridized carbons (Fsp3) is 0.952. The van der Waals surface area contributed by atoms with E-state index in [9.17, 15) is 14.4 Å². The first-order chi connectivity index (χ1) is 33.6. The summed E-state index contributed by atoms with van der Waals surface area (Å²) in [5, 5.41) is 0. The lowest BCUT2D eigenvalue weighted by atomic mass is 9.99. The Morgan fingerprint density at radius 3 is 0.754 bits per heavy atom. The Labute approximate surface area is 431 Å². The molecule has 0 saturated heterocycles. The summed E-state index contributed by atoms with van der Waals surface area (Å²) in [4.78, 5) is 38.3. The van der Waals surface area contributed by atoms with Crippen molar-refractivity contribution in [3.05, 3.63) is 0 Å². The molecule has 410 valence electrons. The molecule has 6 nitrogen and oxygen atoms in total. The smallest absolute Gasteiger partial charge is 0.306 e. The highest BCUT2D eigenvalue weighted by Crippen LogP contribution is 2.19. The van der Waals surface area contributed by atoms with Crippen LogP contribution >= 0.6 is 0 Å². The third-order valence-electron chi connectivity index (χ3n) is 14.8. The van der Waals surface area contributed by atoms with E-state index in [2.05, 4.69) is 41.5 Å². The number of ether oxygens (including phenoxy) is 3. The molecule has 69 heavy (non-hydrogen) atoms. The SMILES string of the molecule is CCC(C)CCCCCCCCCCCCC(=O)O[C@@H](COC(=O)CCCCCCCCCCCCCCCCCCCCC(C)C)COC(=O)CCCCCCCCCCCCCCCC(C)C. The molecule has 0 aromatic heterocycles. The second-order valence-corrected chi connectivity index (χ2v) is 22.9. The number of unbranched alkanes of at least 4 members (excludes halogenated alkanes) is 38. The Kier molecular flexibility index (Phi) is 52.9. The molecule has 6 heteroatoms. The second kappa shape index (κ2) is 54.2. The molecule has 2 atom stereocenters. The molecule has 0 rings (SSSR count). The van der Waals surface area contributed by atoms with Crippen LogP contribution in [0.15, 0.2) is 0 Å². The largest absolute Gasteiger partial charge is 0.462 e. The zero-order valence-electron chi connectivity index (χ0n) is 47.6. The van der Waals surface area contributed by atoms with Gasteiger partial charge in [0.1, 0.15) is 13.2 Å². The van der Waals surface area contributed by atoms with Crippen LogP contribution in [0.5, 0.6) is 0 Å². The monoisotopic (exact) mass is 975 g/mol. The summed E-state index contributed by atoms with van der Waals surface area (Å²) in [5.74, 6) is 1.73. The Balaban J connectivity index is 4.26. The van der Waals surface area contributed by atoms with Gasteiger partial charge in [0.25, 0.3) is 0 Å². The van der Waals surface area contributed by atoms with Crippen molar-refractivity contribution >= 4 is 17.9 Å². The zero-order valence-corrected chi connectivity index (χ0v) is 47.6. The highest BCUT2D eigenvalue weighted by Gasteiger charge is 2.19. The molecule has 0 aliphatic heterocycles. The van der Waals surface area contributed by atoms with Gasteiger partial charge in [0.2, 0.25) is 0 Å². The molecule has 0 heterocycles. The van der Waals surface area contributed by atoms with Crippen molar-refractivity contribution in [2.45, 2.75) is 356 Å². The lowest BCUT2D eigenvalue weighted by molar-refractivity contribution is -0.167. The van der Waals surface area contributed by atoms with Crippen molar-refractivity contribution in [3.8, 4) is 0 Å². The average Bonchev–Trinajstić information content (AvgIpc) is 3.32. The van der Waals surface area contributed by atoms with Gasteiger partial charge in [0, 0.05) is 19.3 Å². The van der Waals surface area contributed by atoms with Crippen molar-refractivity contribution in [2.24, 2.45) is 17.8 Å². The Morgan fingerprint density at radius 2 is 0.507 bits per heavy atom. The first kappa shape index (κ1) is 67.4. The van der Waals surface area contributed by atoms with Crippen LogP contribution < -0.4 is 0 Å². The van der Waals surface area contributed by atoms with Gasteiger partial charge in [0.05, 0.1) is 0 Å². The van der Waals surface area contributed by atoms with Crippen LogP contribution in [0.2, 0.25) is 0 Å². The molecule has 0 N–H and O–H groups in total. The van der Waals surface area contributed by atoms with E-state index in [1.807, 2.05) is 0 Å². The Morgan fingerprint density at radius 1 is 0.290 bits per heavy atom. The predicted octanol–water partition coefficient (Wildman–Crippen LogP) is 20.7. The van der Waals surface area contributed by atoms with Gasteiger partial charge in [-0.1, -0.05) is 311 Å². The molecule has 0 radical (unpaired) electrons. The van der Waals surface area contributed by atoms with E-state index in [-0.39, 0.29) is 31.1 Å². The first-order valence-electron chi connectivity index (χ1n) is 31.1. The first-order valence-corrected chi connectivity index (χ1v) is 31.1. The van der Waals surface area contributed by atoms with Gasteiger partial charge in [-0.25, -0.2) is 0 Å². The fourth-order valence-corrected chi connectivity index (χ4v) is 9.67. The summed E-state index contributed by atoms with van der Waals surface area (Å²) in [5.41, 5.74) is 0. The van der Waals surface area contributed by atoms with E-state index >= 15 is 0 Å². The molecule has 0 aromatic carbocycles. The lowest BCUT2D eigenvalue weighted by Crippen LogP contribution is -2.30. The third-order valence-corrected chi connectivity index (χ3v) is 14.8. The van der Waals surface area contributed by atoms with Crippen LogP contribution in [0.25, 0.3) is 0 Å². The molecule has 0 fully saturated rings. The van der Waals surface area contributed by atoms with Crippen LogP contribution in [0.3, 0.4) is 0 Å². The number of esters is 3. The topological polar surface area (TPSA) is 78.9 Å². The molecular formula is C63H122O6. The second-order valence-electron chi connectivity index (χ2n) is 22.9. The van der Waals surface area contributed by atoms with E-state index < -0.39 is 6.10 Å². The number of hydrogen-bond donors (Lipinski definition) is 0. The zero-order chi connectivity index (χ0) is 50.5. The summed E-state index contributed by atoms with van der Waals surface area (Å²) in [6.07, 6.45) is 58.1. The van der Waals surface area contributed by atoms with Crippen molar-refractivity contribution in [2.75, 3.05) is 13.2 Å². The lowest BCUT2D eigenvalue weighted by Gasteiger charge is -2.18. The van der Waals surface area contributed by atoms with Crippen LogP contribution in [0.1, 0.15) is 350 Å². The highest BCUT2D eigenvalue weighted by atomic mass is 16.6. The maximum Gasteiger partial charge on any atom is 0.306 e. The minimum Gasteiger partial charge on any atom is -0.462 e. The minimum absolute atomic E-state index is 0.0630. The van der Waals surface area contributed by atoms with Gasteiger partial charge in [-0.3, -0.25) is 14.4 Å². The number of hydrogen-bond acceptors (Lipinski definition) is 6. The van der Waals surface area contributed by atoms with Gasteiger partial charge in [0.15, 0.2) is 6.10 Å². The molecule has 0 saturated carbocycles. The van der Waals surface area contributed by atoms with E-state index in [0.717, 1.165) is 75.5 Å². The summed E-state index contributed by atoms with van der Waals surface area (Å²) < 4.78 is 16.9. The van der Waals surface area contributed by atoms with Gasteiger partial charge >= 0.3 is 17.9 Å².